The highest BCUT2D eigenvalue weighted by atomic mass is 16.5. The van der Waals surface area contributed by atoms with Gasteiger partial charge in [-0.2, -0.15) is 0 Å². The first kappa shape index (κ1) is 21.8. The van der Waals surface area contributed by atoms with Crippen LogP contribution >= 0.6 is 0 Å². The van der Waals surface area contributed by atoms with Gasteiger partial charge in [0.05, 0.1) is 6.61 Å². The maximum atomic E-state index is 12.5. The van der Waals surface area contributed by atoms with Crippen molar-refractivity contribution in [3.8, 4) is 5.75 Å². The molecule has 2 aromatic carbocycles. The molecule has 3 heterocycles. The minimum Gasteiger partial charge on any atom is -0.494 e. The van der Waals surface area contributed by atoms with E-state index in [2.05, 4.69) is 27.7 Å². The number of urea groups is 1. The van der Waals surface area contributed by atoms with E-state index in [0.29, 0.717) is 26.1 Å². The van der Waals surface area contributed by atoms with Gasteiger partial charge in [-0.05, 0) is 67.7 Å². The third-order valence-corrected chi connectivity index (χ3v) is 6.84. The lowest BCUT2D eigenvalue weighted by Gasteiger charge is -2.28. The van der Waals surface area contributed by atoms with Crippen molar-refractivity contribution in [2.75, 3.05) is 49.5 Å². The van der Waals surface area contributed by atoms with Gasteiger partial charge in [0.2, 0.25) is 5.91 Å². The average Bonchev–Trinajstić information content (AvgIpc) is 3.27. The summed E-state index contributed by atoms with van der Waals surface area (Å²) in [5.74, 6) is 0.805. The molecule has 7 nitrogen and oxygen atoms in total. The van der Waals surface area contributed by atoms with E-state index in [0.717, 1.165) is 41.2 Å². The molecule has 2 aromatic rings. The Bertz CT molecular complexity index is 1020. The largest absolute Gasteiger partial charge is 0.494 e. The number of hydrogen-bond acceptors (Lipinski definition) is 4. The number of nitrogens with zero attached hydrogens (tertiary/aromatic N) is 2. The molecule has 33 heavy (non-hydrogen) atoms. The van der Waals surface area contributed by atoms with Crippen molar-refractivity contribution in [1.29, 1.82) is 0 Å². The topological polar surface area (TPSA) is 73.9 Å². The van der Waals surface area contributed by atoms with Crippen molar-refractivity contribution < 1.29 is 14.3 Å². The molecular weight excluding hydrogens is 416 g/mol. The van der Waals surface area contributed by atoms with Gasteiger partial charge in [0.1, 0.15) is 5.75 Å². The molecule has 0 aromatic heterocycles. The Morgan fingerprint density at radius 2 is 1.88 bits per heavy atom. The van der Waals surface area contributed by atoms with Crippen LogP contribution in [0.1, 0.15) is 49.1 Å². The maximum absolute atomic E-state index is 12.5. The summed E-state index contributed by atoms with van der Waals surface area (Å²) in [5, 5.41) is 5.81. The van der Waals surface area contributed by atoms with Crippen LogP contribution in [0.3, 0.4) is 0 Å². The second-order valence-electron chi connectivity index (χ2n) is 9.14. The monoisotopic (exact) mass is 448 g/mol. The first-order valence-electron chi connectivity index (χ1n) is 12.1. The molecule has 2 N–H and O–H groups in total. The fourth-order valence-corrected chi connectivity index (χ4v) is 5.12. The van der Waals surface area contributed by atoms with Gasteiger partial charge in [0.25, 0.3) is 0 Å². The number of rotatable bonds is 7. The van der Waals surface area contributed by atoms with Crippen molar-refractivity contribution >= 4 is 23.3 Å². The van der Waals surface area contributed by atoms with Crippen LogP contribution < -0.4 is 20.3 Å². The third kappa shape index (κ3) is 4.98. The molecule has 0 aliphatic carbocycles. The minimum atomic E-state index is -0.0984. The number of carbonyl (C=O) groups is 2. The number of amides is 3. The Kier molecular flexibility index (Phi) is 6.48. The van der Waals surface area contributed by atoms with Crippen LogP contribution in [0.25, 0.3) is 0 Å². The molecule has 3 aliphatic rings. The van der Waals surface area contributed by atoms with Crippen molar-refractivity contribution in [2.24, 2.45) is 0 Å². The van der Waals surface area contributed by atoms with Crippen LogP contribution in [0.5, 0.6) is 5.75 Å². The van der Waals surface area contributed by atoms with E-state index in [9.17, 15) is 9.59 Å². The molecular formula is C26H32N4O3. The zero-order chi connectivity index (χ0) is 22.6. The van der Waals surface area contributed by atoms with Crippen LogP contribution in [0.15, 0.2) is 42.5 Å². The highest BCUT2D eigenvalue weighted by Gasteiger charge is 2.29. The SMILES string of the molecule is O=C1CC(c2cccc(OCCCN3CCCCC3)c2)c2ccc(N3CCNC3=O)cc2N1. The molecule has 2 fully saturated rings. The summed E-state index contributed by atoms with van der Waals surface area (Å²) in [6, 6.07) is 13.9. The Morgan fingerprint density at radius 1 is 1.00 bits per heavy atom. The number of piperidine rings is 1. The summed E-state index contributed by atoms with van der Waals surface area (Å²) >= 11 is 0. The summed E-state index contributed by atoms with van der Waals surface area (Å²) in [6.07, 6.45) is 5.40. The number of nitrogens with one attached hydrogen (secondary N) is 2. The molecule has 0 spiro atoms. The number of likely N-dealkylation sites (tertiary alicyclic amines) is 1. The summed E-state index contributed by atoms with van der Waals surface area (Å²) < 4.78 is 6.06. The van der Waals surface area contributed by atoms with Crippen LogP contribution in [0.4, 0.5) is 16.2 Å². The highest BCUT2D eigenvalue weighted by Crippen LogP contribution is 2.40. The first-order chi connectivity index (χ1) is 16.2. The number of ether oxygens (including phenoxy) is 1. The average molecular weight is 449 g/mol. The van der Waals surface area contributed by atoms with Crippen molar-refractivity contribution in [3.63, 3.8) is 0 Å². The number of anilines is 2. The Balaban J connectivity index is 1.27. The normalized spacial score (nSPS) is 20.8. The molecule has 0 bridgehead atoms. The Hall–Kier alpha value is -3.06. The zero-order valence-electron chi connectivity index (χ0n) is 19.0. The fraction of sp³-hybridized carbons (Fsp3) is 0.462. The molecule has 2 saturated heterocycles. The number of fused-ring (bicyclic) bond motifs is 1. The highest BCUT2D eigenvalue weighted by molar-refractivity contribution is 5.98. The van der Waals surface area contributed by atoms with E-state index in [1.54, 1.807) is 4.90 Å². The molecule has 174 valence electrons. The molecule has 0 saturated carbocycles. The van der Waals surface area contributed by atoms with Gasteiger partial charge in [-0.25, -0.2) is 4.79 Å². The van der Waals surface area contributed by atoms with E-state index in [1.807, 2.05) is 30.3 Å². The number of hydrogen-bond donors (Lipinski definition) is 2. The first-order valence-corrected chi connectivity index (χ1v) is 12.1. The van der Waals surface area contributed by atoms with Gasteiger partial charge in [-0.1, -0.05) is 24.6 Å². The minimum absolute atomic E-state index is 0.0108. The van der Waals surface area contributed by atoms with Crippen molar-refractivity contribution in [2.45, 2.75) is 38.0 Å². The second-order valence-corrected chi connectivity index (χ2v) is 9.14. The molecule has 0 radical (unpaired) electrons. The lowest BCUT2D eigenvalue weighted by atomic mass is 9.84. The summed E-state index contributed by atoms with van der Waals surface area (Å²) in [5.41, 5.74) is 3.73. The van der Waals surface area contributed by atoms with Gasteiger partial charge in [0, 0.05) is 43.3 Å². The number of carbonyl (C=O) groups excluding carboxylic acids is 2. The molecule has 1 atom stereocenters. The van der Waals surface area contributed by atoms with Crippen LogP contribution in [0.2, 0.25) is 0 Å². The lowest BCUT2D eigenvalue weighted by Crippen LogP contribution is -2.31. The van der Waals surface area contributed by atoms with E-state index in [-0.39, 0.29) is 17.9 Å². The zero-order valence-corrected chi connectivity index (χ0v) is 19.0. The maximum Gasteiger partial charge on any atom is 0.321 e. The molecule has 3 aliphatic heterocycles. The Labute approximate surface area is 195 Å². The van der Waals surface area contributed by atoms with Crippen LogP contribution in [0, 0.1) is 0 Å². The van der Waals surface area contributed by atoms with Gasteiger partial charge < -0.3 is 20.3 Å². The van der Waals surface area contributed by atoms with E-state index < -0.39 is 0 Å². The smallest absolute Gasteiger partial charge is 0.321 e. The van der Waals surface area contributed by atoms with Gasteiger partial charge in [-0.3, -0.25) is 9.69 Å². The third-order valence-electron chi connectivity index (χ3n) is 6.84. The standard InChI is InChI=1S/C26H32N4O3/c31-25-18-23(22-9-8-20(17-24(22)28-25)30-14-10-27-26(30)32)19-6-4-7-21(16-19)33-15-5-13-29-11-2-1-3-12-29/h4,6-9,16-17,23H,1-3,5,10-15,18H2,(H,27,32)(H,28,31). The molecule has 5 rings (SSSR count). The Morgan fingerprint density at radius 3 is 2.70 bits per heavy atom. The van der Waals surface area contributed by atoms with Crippen molar-refractivity contribution in [1.82, 2.24) is 10.2 Å². The quantitative estimate of drug-likeness (QED) is 0.629. The predicted molar refractivity (Wildman–Crippen MR) is 129 cm³/mol. The number of benzene rings is 2. The molecule has 3 amide bonds. The van der Waals surface area contributed by atoms with E-state index in [4.69, 9.17) is 4.74 Å². The summed E-state index contributed by atoms with van der Waals surface area (Å²) in [4.78, 5) is 28.8. The predicted octanol–water partition coefficient (Wildman–Crippen LogP) is 3.95. The van der Waals surface area contributed by atoms with Crippen LogP contribution in [-0.2, 0) is 4.79 Å². The lowest BCUT2D eigenvalue weighted by molar-refractivity contribution is -0.116. The summed E-state index contributed by atoms with van der Waals surface area (Å²) in [7, 11) is 0. The van der Waals surface area contributed by atoms with E-state index >= 15 is 0 Å². The van der Waals surface area contributed by atoms with E-state index in [1.165, 1.54) is 32.4 Å². The van der Waals surface area contributed by atoms with Crippen LogP contribution in [-0.4, -0.2) is 56.2 Å². The molecule has 1 unspecified atom stereocenters. The fourth-order valence-electron chi connectivity index (χ4n) is 5.12. The van der Waals surface area contributed by atoms with Gasteiger partial charge in [0.15, 0.2) is 0 Å². The van der Waals surface area contributed by atoms with Gasteiger partial charge >= 0.3 is 6.03 Å². The van der Waals surface area contributed by atoms with Gasteiger partial charge in [-0.15, -0.1) is 0 Å². The van der Waals surface area contributed by atoms with Crippen molar-refractivity contribution in [3.05, 3.63) is 53.6 Å². The second kappa shape index (κ2) is 9.83. The summed E-state index contributed by atoms with van der Waals surface area (Å²) in [6.45, 7) is 5.48. The molecule has 7 heteroatoms.